The van der Waals surface area contributed by atoms with Gasteiger partial charge in [-0.25, -0.2) is 4.98 Å². The first-order valence-electron chi connectivity index (χ1n) is 3.32. The summed E-state index contributed by atoms with van der Waals surface area (Å²) in [6, 6.07) is 0. The highest BCUT2D eigenvalue weighted by Gasteiger charge is 2.15. The molecule has 1 aromatic heterocycles. The largest absolute Gasteiger partial charge is 0.481 e. The molecule has 0 aliphatic heterocycles. The van der Waals surface area contributed by atoms with Crippen LogP contribution in [0.1, 0.15) is 18.5 Å². The predicted molar refractivity (Wildman–Crippen MR) is 39.3 cm³/mol. The molecule has 11 heavy (non-hydrogen) atoms. The molecule has 1 heterocycles. The maximum absolute atomic E-state index is 10.5. The molecule has 0 aliphatic carbocycles. The van der Waals surface area contributed by atoms with E-state index in [2.05, 4.69) is 4.98 Å². The Balaban J connectivity index is 2.92. The topological polar surface area (TPSA) is 55.1 Å². The van der Waals surface area contributed by atoms with E-state index in [1.54, 1.807) is 31.1 Å². The molecule has 4 nitrogen and oxygen atoms in total. The van der Waals surface area contributed by atoms with Crippen molar-refractivity contribution in [2.24, 2.45) is 7.05 Å². The average Bonchev–Trinajstić information content (AvgIpc) is 2.33. The van der Waals surface area contributed by atoms with Crippen LogP contribution in [0.25, 0.3) is 0 Å². The molecule has 4 heteroatoms. The monoisotopic (exact) mass is 154 g/mol. The Kier molecular flexibility index (Phi) is 1.94. The number of aryl methyl sites for hydroxylation is 1. The van der Waals surface area contributed by atoms with Crippen LogP contribution in [0.15, 0.2) is 12.5 Å². The van der Waals surface area contributed by atoms with Gasteiger partial charge in [-0.05, 0) is 6.92 Å². The fraction of sp³-hybridized carbons (Fsp3) is 0.429. The third-order valence-corrected chi connectivity index (χ3v) is 1.67. The van der Waals surface area contributed by atoms with Crippen molar-refractivity contribution in [1.29, 1.82) is 0 Å². The summed E-state index contributed by atoms with van der Waals surface area (Å²) in [5, 5.41) is 8.64. The number of aliphatic carboxylic acids is 1. The first-order chi connectivity index (χ1) is 5.13. The molecule has 60 valence electrons. The van der Waals surface area contributed by atoms with Gasteiger partial charge in [0, 0.05) is 13.2 Å². The smallest absolute Gasteiger partial charge is 0.312 e. The van der Waals surface area contributed by atoms with E-state index < -0.39 is 11.9 Å². The molecule has 0 saturated carbocycles. The molecule has 1 atom stereocenters. The zero-order valence-electron chi connectivity index (χ0n) is 6.48. The summed E-state index contributed by atoms with van der Waals surface area (Å²) >= 11 is 0. The van der Waals surface area contributed by atoms with Gasteiger partial charge in [-0.3, -0.25) is 4.79 Å². The average molecular weight is 154 g/mol. The molecular formula is C7H10N2O2. The fourth-order valence-corrected chi connectivity index (χ4v) is 0.911. The predicted octanol–water partition coefficient (Wildman–Crippen LogP) is 0.608. The van der Waals surface area contributed by atoms with E-state index in [1.165, 1.54) is 0 Å². The van der Waals surface area contributed by atoms with Crippen molar-refractivity contribution in [1.82, 2.24) is 9.55 Å². The Morgan fingerprint density at radius 1 is 1.82 bits per heavy atom. The molecule has 1 rings (SSSR count). The molecule has 0 aromatic carbocycles. The van der Waals surface area contributed by atoms with Crippen LogP contribution in [0.2, 0.25) is 0 Å². The van der Waals surface area contributed by atoms with Gasteiger partial charge in [0.05, 0.1) is 17.9 Å². The number of hydrogen-bond acceptors (Lipinski definition) is 2. The van der Waals surface area contributed by atoms with Crippen molar-refractivity contribution in [3.05, 3.63) is 18.2 Å². The van der Waals surface area contributed by atoms with E-state index in [-0.39, 0.29) is 0 Å². The van der Waals surface area contributed by atoms with Crippen LogP contribution in [0, 0.1) is 0 Å². The lowest BCUT2D eigenvalue weighted by Gasteiger charge is -2.05. The van der Waals surface area contributed by atoms with Crippen LogP contribution in [0.5, 0.6) is 0 Å². The van der Waals surface area contributed by atoms with Crippen LogP contribution in [0.4, 0.5) is 0 Å². The summed E-state index contributed by atoms with van der Waals surface area (Å²) in [5.74, 6) is -1.31. The van der Waals surface area contributed by atoms with E-state index >= 15 is 0 Å². The van der Waals surface area contributed by atoms with E-state index in [9.17, 15) is 4.79 Å². The second-order valence-electron chi connectivity index (χ2n) is 2.49. The van der Waals surface area contributed by atoms with Crippen molar-refractivity contribution in [2.75, 3.05) is 0 Å². The van der Waals surface area contributed by atoms with Crippen LogP contribution in [-0.2, 0) is 11.8 Å². The molecule has 1 N–H and O–H groups in total. The molecule has 1 aromatic rings. The van der Waals surface area contributed by atoms with E-state index in [4.69, 9.17) is 5.11 Å². The van der Waals surface area contributed by atoms with Gasteiger partial charge in [-0.1, -0.05) is 0 Å². The van der Waals surface area contributed by atoms with Crippen LogP contribution in [-0.4, -0.2) is 20.6 Å². The number of hydrogen-bond donors (Lipinski definition) is 1. The minimum absolute atomic E-state index is 0.484. The minimum Gasteiger partial charge on any atom is -0.481 e. The van der Waals surface area contributed by atoms with E-state index in [0.717, 1.165) is 5.69 Å². The molecule has 0 spiro atoms. The highest BCUT2D eigenvalue weighted by Crippen LogP contribution is 2.12. The first-order valence-corrected chi connectivity index (χ1v) is 3.32. The van der Waals surface area contributed by atoms with Gasteiger partial charge in [-0.15, -0.1) is 0 Å². The summed E-state index contributed by atoms with van der Waals surface area (Å²) in [6.45, 7) is 1.64. The molecule has 0 aliphatic rings. The maximum Gasteiger partial charge on any atom is 0.312 e. The van der Waals surface area contributed by atoms with Crippen LogP contribution >= 0.6 is 0 Å². The summed E-state index contributed by atoms with van der Waals surface area (Å²) in [4.78, 5) is 14.3. The minimum atomic E-state index is -0.825. The maximum atomic E-state index is 10.5. The third-order valence-electron chi connectivity index (χ3n) is 1.67. The lowest BCUT2D eigenvalue weighted by atomic mass is 10.1. The van der Waals surface area contributed by atoms with Gasteiger partial charge >= 0.3 is 5.97 Å². The summed E-state index contributed by atoms with van der Waals surface area (Å²) < 4.78 is 1.71. The zero-order chi connectivity index (χ0) is 8.43. The Bertz CT molecular complexity index is 267. The molecule has 0 fully saturated rings. The standard InChI is InChI=1S/C7H10N2O2/c1-5(7(10)11)6-3-8-4-9(6)2/h3-5H,1-2H3,(H,10,11). The number of aromatic nitrogens is 2. The highest BCUT2D eigenvalue weighted by atomic mass is 16.4. The quantitative estimate of drug-likeness (QED) is 0.679. The molecular weight excluding hydrogens is 144 g/mol. The number of carboxylic acids is 1. The zero-order valence-corrected chi connectivity index (χ0v) is 6.48. The van der Waals surface area contributed by atoms with Crippen molar-refractivity contribution < 1.29 is 9.90 Å². The number of carbonyl (C=O) groups is 1. The summed E-state index contributed by atoms with van der Waals surface area (Å²) in [6.07, 6.45) is 3.16. The van der Waals surface area contributed by atoms with Gasteiger partial charge in [0.25, 0.3) is 0 Å². The van der Waals surface area contributed by atoms with Crippen molar-refractivity contribution in [3.63, 3.8) is 0 Å². The fourth-order valence-electron chi connectivity index (χ4n) is 0.911. The SMILES string of the molecule is CC(C(=O)O)c1cncn1C. The molecule has 1 unspecified atom stereocenters. The summed E-state index contributed by atoms with van der Waals surface area (Å²) in [7, 11) is 1.78. The highest BCUT2D eigenvalue weighted by molar-refractivity contribution is 5.74. The molecule has 0 bridgehead atoms. The second-order valence-corrected chi connectivity index (χ2v) is 2.49. The number of imidazole rings is 1. The molecule has 0 radical (unpaired) electrons. The normalized spacial score (nSPS) is 12.9. The third kappa shape index (κ3) is 1.39. The summed E-state index contributed by atoms with van der Waals surface area (Å²) in [5.41, 5.74) is 0.720. The van der Waals surface area contributed by atoms with Crippen molar-refractivity contribution in [3.8, 4) is 0 Å². The lowest BCUT2D eigenvalue weighted by Crippen LogP contribution is -2.10. The van der Waals surface area contributed by atoms with Gasteiger partial charge in [0.1, 0.15) is 0 Å². The second kappa shape index (κ2) is 2.74. The molecule has 0 amide bonds. The number of carboxylic acid groups (broad SMARTS) is 1. The van der Waals surface area contributed by atoms with E-state index in [1.807, 2.05) is 0 Å². The number of rotatable bonds is 2. The van der Waals surface area contributed by atoms with Crippen molar-refractivity contribution >= 4 is 5.97 Å². The van der Waals surface area contributed by atoms with Crippen LogP contribution < -0.4 is 0 Å². The van der Waals surface area contributed by atoms with Crippen molar-refractivity contribution in [2.45, 2.75) is 12.8 Å². The van der Waals surface area contributed by atoms with Gasteiger partial charge in [-0.2, -0.15) is 0 Å². The Morgan fingerprint density at radius 2 is 2.45 bits per heavy atom. The Hall–Kier alpha value is -1.32. The lowest BCUT2D eigenvalue weighted by molar-refractivity contribution is -0.138. The van der Waals surface area contributed by atoms with E-state index in [0.29, 0.717) is 0 Å². The Labute approximate surface area is 64.5 Å². The molecule has 0 saturated heterocycles. The van der Waals surface area contributed by atoms with Gasteiger partial charge in [0.2, 0.25) is 0 Å². The van der Waals surface area contributed by atoms with Crippen LogP contribution in [0.3, 0.4) is 0 Å². The number of nitrogens with zero attached hydrogens (tertiary/aromatic N) is 2. The van der Waals surface area contributed by atoms with Gasteiger partial charge < -0.3 is 9.67 Å². The first kappa shape index (κ1) is 7.78. The Morgan fingerprint density at radius 3 is 2.82 bits per heavy atom. The van der Waals surface area contributed by atoms with Gasteiger partial charge in [0.15, 0.2) is 0 Å².